The number of furan rings is 1. The predicted octanol–water partition coefficient (Wildman–Crippen LogP) is 0.618. The van der Waals surface area contributed by atoms with E-state index in [1.807, 2.05) is 13.0 Å². The first-order valence-corrected chi connectivity index (χ1v) is 4.15. The number of aliphatic hydroxyl groups excluding tert-OH is 1. The number of hydrogen-bond donors (Lipinski definition) is 2. The highest BCUT2D eigenvalue weighted by Gasteiger charge is 2.42. The Morgan fingerprint density at radius 2 is 2.58 bits per heavy atom. The van der Waals surface area contributed by atoms with Gasteiger partial charge in [-0.25, -0.2) is 0 Å². The van der Waals surface area contributed by atoms with Gasteiger partial charge in [-0.15, -0.1) is 0 Å². The van der Waals surface area contributed by atoms with Gasteiger partial charge in [0.15, 0.2) is 0 Å². The molecule has 0 aromatic carbocycles. The Morgan fingerprint density at radius 1 is 1.83 bits per heavy atom. The van der Waals surface area contributed by atoms with Crippen molar-refractivity contribution in [3.05, 3.63) is 23.7 Å². The van der Waals surface area contributed by atoms with Crippen LogP contribution in [0.15, 0.2) is 16.7 Å². The van der Waals surface area contributed by atoms with Gasteiger partial charge < -0.3 is 15.3 Å². The topological polar surface area (TPSA) is 59.4 Å². The molecule has 0 amide bonds. The Hall–Kier alpha value is -0.800. The van der Waals surface area contributed by atoms with E-state index >= 15 is 0 Å². The first-order valence-electron chi connectivity index (χ1n) is 4.15. The molecule has 0 spiro atoms. The molecule has 3 nitrogen and oxygen atoms in total. The van der Waals surface area contributed by atoms with Crippen LogP contribution in [-0.4, -0.2) is 11.7 Å². The minimum atomic E-state index is -0.581. The van der Waals surface area contributed by atoms with Crippen LogP contribution in [0.4, 0.5) is 0 Å². The fourth-order valence-electron chi connectivity index (χ4n) is 1.88. The Balaban J connectivity index is 2.48. The molecular formula is C9H13NO2. The quantitative estimate of drug-likeness (QED) is 0.644. The molecule has 2 unspecified atom stereocenters. The Kier molecular flexibility index (Phi) is 1.53. The molecule has 0 bridgehead atoms. The monoisotopic (exact) mass is 167 g/mol. The van der Waals surface area contributed by atoms with Gasteiger partial charge in [0.1, 0.15) is 5.76 Å². The predicted molar refractivity (Wildman–Crippen MR) is 44.5 cm³/mol. The molecule has 0 saturated carbocycles. The van der Waals surface area contributed by atoms with Crippen molar-refractivity contribution in [1.82, 2.24) is 0 Å². The molecule has 1 aromatic heterocycles. The third-order valence-electron chi connectivity index (χ3n) is 2.88. The van der Waals surface area contributed by atoms with Crippen LogP contribution in [0.5, 0.6) is 0 Å². The largest absolute Gasteiger partial charge is 0.469 e. The van der Waals surface area contributed by atoms with E-state index in [4.69, 9.17) is 10.2 Å². The fourth-order valence-corrected chi connectivity index (χ4v) is 1.88. The van der Waals surface area contributed by atoms with Crippen molar-refractivity contribution in [2.24, 2.45) is 11.7 Å². The van der Waals surface area contributed by atoms with E-state index < -0.39 is 5.54 Å². The number of rotatable bonds is 1. The van der Waals surface area contributed by atoms with E-state index in [-0.39, 0.29) is 12.5 Å². The molecule has 1 aliphatic carbocycles. The summed E-state index contributed by atoms with van der Waals surface area (Å²) in [5.41, 5.74) is 6.44. The molecular weight excluding hydrogens is 154 g/mol. The van der Waals surface area contributed by atoms with Gasteiger partial charge in [-0.3, -0.25) is 0 Å². The summed E-state index contributed by atoms with van der Waals surface area (Å²) in [5, 5.41) is 9.19. The fraction of sp³-hybridized carbons (Fsp3) is 0.556. The summed E-state index contributed by atoms with van der Waals surface area (Å²) in [4.78, 5) is 0. The molecule has 0 aliphatic heterocycles. The van der Waals surface area contributed by atoms with Gasteiger partial charge in [0.2, 0.25) is 0 Å². The van der Waals surface area contributed by atoms with Crippen LogP contribution in [-0.2, 0) is 12.0 Å². The van der Waals surface area contributed by atoms with Crippen LogP contribution in [0.3, 0.4) is 0 Å². The second kappa shape index (κ2) is 2.34. The highest BCUT2D eigenvalue weighted by molar-refractivity contribution is 5.33. The zero-order chi connectivity index (χ0) is 8.77. The van der Waals surface area contributed by atoms with Crippen molar-refractivity contribution in [3.63, 3.8) is 0 Å². The molecule has 66 valence electrons. The molecule has 3 heteroatoms. The van der Waals surface area contributed by atoms with Crippen LogP contribution in [0, 0.1) is 5.92 Å². The van der Waals surface area contributed by atoms with Gasteiger partial charge in [-0.05, 0) is 12.0 Å². The van der Waals surface area contributed by atoms with E-state index in [2.05, 4.69) is 0 Å². The van der Waals surface area contributed by atoms with E-state index in [0.29, 0.717) is 0 Å². The number of fused-ring (bicyclic) bond motifs is 1. The van der Waals surface area contributed by atoms with E-state index in [9.17, 15) is 5.11 Å². The smallest absolute Gasteiger partial charge is 0.109 e. The average molecular weight is 167 g/mol. The number of aliphatic hydroxyl groups is 1. The second-order valence-corrected chi connectivity index (χ2v) is 3.56. The van der Waals surface area contributed by atoms with Crippen molar-refractivity contribution in [1.29, 1.82) is 0 Å². The molecule has 0 radical (unpaired) electrons. The SMILES string of the molecule is CC1Cc2occc2C1(N)CO. The zero-order valence-corrected chi connectivity index (χ0v) is 7.08. The van der Waals surface area contributed by atoms with Gasteiger partial charge in [-0.2, -0.15) is 0 Å². The lowest BCUT2D eigenvalue weighted by molar-refractivity contribution is 0.159. The third kappa shape index (κ3) is 0.778. The molecule has 2 atom stereocenters. The minimum Gasteiger partial charge on any atom is -0.469 e. The molecule has 1 heterocycles. The molecule has 1 aromatic rings. The minimum absolute atomic E-state index is 0.0132. The summed E-state index contributed by atoms with van der Waals surface area (Å²) in [5.74, 6) is 1.19. The summed E-state index contributed by atoms with van der Waals surface area (Å²) < 4.78 is 5.25. The van der Waals surface area contributed by atoms with Gasteiger partial charge in [0.05, 0.1) is 18.4 Å². The van der Waals surface area contributed by atoms with Crippen LogP contribution in [0.2, 0.25) is 0 Å². The van der Waals surface area contributed by atoms with Crippen molar-refractivity contribution in [3.8, 4) is 0 Å². The molecule has 12 heavy (non-hydrogen) atoms. The lowest BCUT2D eigenvalue weighted by Crippen LogP contribution is -2.43. The third-order valence-corrected chi connectivity index (χ3v) is 2.88. The maximum Gasteiger partial charge on any atom is 0.109 e. The first kappa shape index (κ1) is 7.83. The van der Waals surface area contributed by atoms with Gasteiger partial charge in [-0.1, -0.05) is 6.92 Å². The number of hydrogen-bond acceptors (Lipinski definition) is 3. The Labute approximate surface area is 71.2 Å². The summed E-state index contributed by atoms with van der Waals surface area (Å²) in [6.07, 6.45) is 2.47. The zero-order valence-electron chi connectivity index (χ0n) is 7.08. The van der Waals surface area contributed by atoms with Crippen molar-refractivity contribution in [2.75, 3.05) is 6.61 Å². The molecule has 3 N–H and O–H groups in total. The summed E-state index contributed by atoms with van der Waals surface area (Å²) in [6, 6.07) is 1.86. The average Bonchev–Trinajstić information content (AvgIpc) is 2.57. The van der Waals surface area contributed by atoms with Crippen molar-refractivity contribution in [2.45, 2.75) is 18.9 Å². The maximum absolute atomic E-state index is 9.19. The molecule has 2 rings (SSSR count). The highest BCUT2D eigenvalue weighted by atomic mass is 16.3. The first-order chi connectivity index (χ1) is 5.68. The summed E-state index contributed by atoms with van der Waals surface area (Å²) in [6.45, 7) is 2.02. The van der Waals surface area contributed by atoms with Crippen LogP contribution in [0.25, 0.3) is 0 Å². The molecule has 0 fully saturated rings. The normalized spacial score (nSPS) is 33.8. The van der Waals surface area contributed by atoms with E-state index in [1.165, 1.54) is 0 Å². The number of nitrogens with two attached hydrogens (primary N) is 1. The van der Waals surface area contributed by atoms with Gasteiger partial charge >= 0.3 is 0 Å². The Morgan fingerprint density at radius 3 is 3.25 bits per heavy atom. The van der Waals surface area contributed by atoms with Crippen LogP contribution < -0.4 is 5.73 Å². The standard InChI is InChI=1S/C9H13NO2/c1-6-4-8-7(2-3-12-8)9(6,10)5-11/h2-3,6,11H,4-5,10H2,1H3. The van der Waals surface area contributed by atoms with Crippen molar-refractivity contribution >= 4 is 0 Å². The van der Waals surface area contributed by atoms with Crippen molar-refractivity contribution < 1.29 is 9.52 Å². The van der Waals surface area contributed by atoms with Gasteiger partial charge in [0.25, 0.3) is 0 Å². The van der Waals surface area contributed by atoms with Gasteiger partial charge in [0, 0.05) is 12.0 Å². The molecule has 0 saturated heterocycles. The van der Waals surface area contributed by atoms with Crippen LogP contribution >= 0.6 is 0 Å². The maximum atomic E-state index is 9.19. The summed E-state index contributed by atoms with van der Waals surface area (Å²) in [7, 11) is 0. The van der Waals surface area contributed by atoms with E-state index in [1.54, 1.807) is 6.26 Å². The lowest BCUT2D eigenvalue weighted by Gasteiger charge is -2.26. The second-order valence-electron chi connectivity index (χ2n) is 3.56. The Bertz CT molecular complexity index is 294. The highest BCUT2D eigenvalue weighted by Crippen LogP contribution is 2.39. The summed E-state index contributed by atoms with van der Waals surface area (Å²) >= 11 is 0. The lowest BCUT2D eigenvalue weighted by atomic mass is 9.87. The molecule has 1 aliphatic rings. The van der Waals surface area contributed by atoms with Crippen LogP contribution in [0.1, 0.15) is 18.2 Å². The van der Waals surface area contributed by atoms with E-state index in [0.717, 1.165) is 17.7 Å².